The van der Waals surface area contributed by atoms with Gasteiger partial charge in [0.25, 0.3) is 0 Å². The van der Waals surface area contributed by atoms with Crippen LogP contribution in [0, 0.1) is 13.8 Å². The minimum atomic E-state index is 0.235. The summed E-state index contributed by atoms with van der Waals surface area (Å²) < 4.78 is 0. The summed E-state index contributed by atoms with van der Waals surface area (Å²) in [5.74, 6) is 0.235. The molecule has 0 aromatic heterocycles. The molecule has 0 saturated carbocycles. The van der Waals surface area contributed by atoms with Crippen molar-refractivity contribution in [3.05, 3.63) is 101 Å². The van der Waals surface area contributed by atoms with E-state index in [1.54, 1.807) is 0 Å². The second-order valence-electron chi connectivity index (χ2n) is 6.05. The monoisotopic (exact) mass is 301 g/mol. The molecule has 0 amide bonds. The number of nitrogens with one attached hydrogen (secondary N) is 1. The van der Waals surface area contributed by atoms with Gasteiger partial charge in [-0.05, 0) is 36.1 Å². The molecule has 1 N–H and O–H groups in total. The zero-order valence-corrected chi connectivity index (χ0v) is 14.0. The lowest BCUT2D eigenvalue weighted by atomic mass is 9.83. The van der Waals surface area contributed by atoms with E-state index in [-0.39, 0.29) is 5.92 Å². The Morgan fingerprint density at radius 3 is 1.74 bits per heavy atom. The van der Waals surface area contributed by atoms with Crippen LogP contribution in [-0.4, -0.2) is 7.05 Å². The van der Waals surface area contributed by atoms with Crippen molar-refractivity contribution in [2.75, 3.05) is 12.4 Å². The number of hydrogen-bond donors (Lipinski definition) is 1. The molecule has 3 aromatic carbocycles. The number of hydrogen-bond acceptors (Lipinski definition) is 1. The molecule has 1 nitrogen and oxygen atoms in total. The van der Waals surface area contributed by atoms with Gasteiger partial charge in [-0.1, -0.05) is 78.4 Å². The average molecular weight is 301 g/mol. The Balaban J connectivity index is 2.25. The summed E-state index contributed by atoms with van der Waals surface area (Å²) >= 11 is 0. The predicted octanol–water partition coefficient (Wildman–Crippen LogP) is 5.53. The van der Waals surface area contributed by atoms with Crippen molar-refractivity contribution in [2.24, 2.45) is 0 Å². The van der Waals surface area contributed by atoms with Gasteiger partial charge in [0.05, 0.1) is 0 Å². The van der Waals surface area contributed by atoms with Gasteiger partial charge in [0, 0.05) is 18.7 Å². The fourth-order valence-electron chi connectivity index (χ4n) is 3.41. The lowest BCUT2D eigenvalue weighted by molar-refractivity contribution is 0.972. The van der Waals surface area contributed by atoms with Gasteiger partial charge in [-0.25, -0.2) is 0 Å². The minimum absolute atomic E-state index is 0.235. The van der Waals surface area contributed by atoms with E-state index in [0.717, 1.165) is 0 Å². The first-order chi connectivity index (χ1) is 11.2. The molecule has 3 rings (SSSR count). The summed E-state index contributed by atoms with van der Waals surface area (Å²) in [6.45, 7) is 4.35. The predicted molar refractivity (Wildman–Crippen MR) is 99.3 cm³/mol. The van der Waals surface area contributed by atoms with E-state index in [1.807, 2.05) is 7.05 Å². The lowest BCUT2D eigenvalue weighted by Crippen LogP contribution is -2.08. The van der Waals surface area contributed by atoms with Gasteiger partial charge in [-0.15, -0.1) is 0 Å². The van der Waals surface area contributed by atoms with Gasteiger partial charge in [-0.3, -0.25) is 0 Å². The second kappa shape index (κ2) is 6.70. The third-order valence-corrected chi connectivity index (χ3v) is 4.34. The molecule has 0 fully saturated rings. The lowest BCUT2D eigenvalue weighted by Gasteiger charge is -2.23. The fraction of sp³-hybridized carbons (Fsp3) is 0.182. The maximum atomic E-state index is 3.41. The average Bonchev–Trinajstić information content (AvgIpc) is 2.57. The van der Waals surface area contributed by atoms with E-state index in [9.17, 15) is 0 Å². The zero-order valence-electron chi connectivity index (χ0n) is 14.0. The van der Waals surface area contributed by atoms with Gasteiger partial charge in [0.2, 0.25) is 0 Å². The Hall–Kier alpha value is -2.54. The van der Waals surface area contributed by atoms with Gasteiger partial charge in [0.1, 0.15) is 0 Å². The quantitative estimate of drug-likeness (QED) is 0.625. The molecule has 0 aliphatic carbocycles. The first kappa shape index (κ1) is 15.4. The molecule has 0 saturated heterocycles. The summed E-state index contributed by atoms with van der Waals surface area (Å²) in [5.41, 5.74) is 7.80. The normalized spacial score (nSPS) is 10.8. The van der Waals surface area contributed by atoms with E-state index in [0.29, 0.717) is 0 Å². The Bertz CT molecular complexity index is 736. The highest BCUT2D eigenvalue weighted by Gasteiger charge is 2.20. The molecule has 0 spiro atoms. The molecule has 0 radical (unpaired) electrons. The first-order valence-corrected chi connectivity index (χ1v) is 8.09. The van der Waals surface area contributed by atoms with Crippen LogP contribution in [-0.2, 0) is 0 Å². The van der Waals surface area contributed by atoms with E-state index in [1.165, 1.54) is 33.5 Å². The van der Waals surface area contributed by atoms with Gasteiger partial charge in [-0.2, -0.15) is 0 Å². The molecule has 0 bridgehead atoms. The summed E-state index contributed by atoms with van der Waals surface area (Å²) in [5, 5.41) is 3.41. The molecule has 0 atom stereocenters. The summed E-state index contributed by atoms with van der Waals surface area (Å²) in [6, 6.07) is 26.0. The maximum Gasteiger partial charge on any atom is 0.0409 e. The number of benzene rings is 3. The topological polar surface area (TPSA) is 12.0 Å². The molecular weight excluding hydrogens is 278 g/mol. The molecule has 0 aliphatic heterocycles. The fourth-order valence-corrected chi connectivity index (χ4v) is 3.41. The smallest absolute Gasteiger partial charge is 0.0409 e. The van der Waals surface area contributed by atoms with Gasteiger partial charge < -0.3 is 5.32 Å². The molecule has 3 aromatic rings. The SMILES string of the molecule is CNc1c(C)cc(C)cc1C(c1ccccc1)c1ccccc1. The summed E-state index contributed by atoms with van der Waals surface area (Å²) in [7, 11) is 2.01. The van der Waals surface area contributed by atoms with Crippen molar-refractivity contribution in [3.8, 4) is 0 Å². The largest absolute Gasteiger partial charge is 0.388 e. The third-order valence-electron chi connectivity index (χ3n) is 4.34. The summed E-state index contributed by atoms with van der Waals surface area (Å²) in [4.78, 5) is 0. The number of rotatable bonds is 4. The van der Waals surface area contributed by atoms with E-state index in [4.69, 9.17) is 0 Å². The van der Waals surface area contributed by atoms with Crippen LogP contribution in [0.2, 0.25) is 0 Å². The number of aryl methyl sites for hydroxylation is 2. The molecule has 1 heteroatoms. The van der Waals surface area contributed by atoms with Crippen molar-refractivity contribution < 1.29 is 0 Å². The zero-order chi connectivity index (χ0) is 16.2. The van der Waals surface area contributed by atoms with E-state index < -0.39 is 0 Å². The standard InChI is InChI=1S/C22H23N/c1-16-14-17(2)22(23-3)20(15-16)21(18-10-6-4-7-11-18)19-12-8-5-9-13-19/h4-15,21,23H,1-3H3. The van der Waals surface area contributed by atoms with E-state index >= 15 is 0 Å². The molecule has 0 heterocycles. The van der Waals surface area contributed by atoms with Gasteiger partial charge >= 0.3 is 0 Å². The molecule has 116 valence electrons. The van der Waals surface area contributed by atoms with Crippen LogP contribution in [0.25, 0.3) is 0 Å². The second-order valence-corrected chi connectivity index (χ2v) is 6.05. The number of anilines is 1. The van der Waals surface area contributed by atoms with Crippen LogP contribution in [0.4, 0.5) is 5.69 Å². The highest BCUT2D eigenvalue weighted by atomic mass is 14.8. The van der Waals surface area contributed by atoms with Gasteiger partial charge in [0.15, 0.2) is 0 Å². The van der Waals surface area contributed by atoms with Crippen LogP contribution in [0.1, 0.15) is 33.7 Å². The third kappa shape index (κ3) is 3.14. The Morgan fingerprint density at radius 1 is 0.739 bits per heavy atom. The van der Waals surface area contributed by atoms with Crippen LogP contribution in [0.3, 0.4) is 0 Å². The van der Waals surface area contributed by atoms with Crippen LogP contribution in [0.15, 0.2) is 72.8 Å². The van der Waals surface area contributed by atoms with Crippen molar-refractivity contribution >= 4 is 5.69 Å². The molecule has 0 unspecified atom stereocenters. The molecule has 23 heavy (non-hydrogen) atoms. The van der Waals surface area contributed by atoms with Crippen molar-refractivity contribution in [3.63, 3.8) is 0 Å². The molecule has 0 aliphatic rings. The maximum absolute atomic E-state index is 3.41. The summed E-state index contributed by atoms with van der Waals surface area (Å²) in [6.07, 6.45) is 0. The van der Waals surface area contributed by atoms with Crippen LogP contribution < -0.4 is 5.32 Å². The van der Waals surface area contributed by atoms with Crippen molar-refractivity contribution in [1.82, 2.24) is 0 Å². The Kier molecular flexibility index (Phi) is 4.47. The molecular formula is C22H23N. The van der Waals surface area contributed by atoms with Crippen LogP contribution >= 0.6 is 0 Å². The minimum Gasteiger partial charge on any atom is -0.388 e. The highest BCUT2D eigenvalue weighted by molar-refractivity contribution is 5.63. The van der Waals surface area contributed by atoms with E-state index in [2.05, 4.69) is 92.0 Å². The highest BCUT2D eigenvalue weighted by Crippen LogP contribution is 2.37. The van der Waals surface area contributed by atoms with Crippen molar-refractivity contribution in [2.45, 2.75) is 19.8 Å². The Morgan fingerprint density at radius 2 is 1.26 bits per heavy atom. The van der Waals surface area contributed by atoms with Crippen LogP contribution in [0.5, 0.6) is 0 Å². The van der Waals surface area contributed by atoms with Crippen molar-refractivity contribution in [1.29, 1.82) is 0 Å². The Labute approximate surface area is 139 Å². The first-order valence-electron chi connectivity index (χ1n) is 8.09.